The number of nitrogens with zero attached hydrogens (tertiary/aromatic N) is 1. The van der Waals surface area contributed by atoms with Gasteiger partial charge in [0.05, 0.1) is 6.61 Å². The fourth-order valence-electron chi connectivity index (χ4n) is 0.701. The Hall–Kier alpha value is -1.39. The third-order valence-electron chi connectivity index (χ3n) is 1.21. The molecule has 0 bridgehead atoms. The molecule has 1 rings (SSSR count). The van der Waals surface area contributed by atoms with Gasteiger partial charge in [-0.05, 0) is 6.92 Å². The lowest BCUT2D eigenvalue weighted by atomic mass is 10.4. The molecule has 0 aliphatic heterocycles. The summed E-state index contributed by atoms with van der Waals surface area (Å²) in [5.74, 6) is -2.35. The van der Waals surface area contributed by atoms with Gasteiger partial charge in [-0.2, -0.15) is 4.98 Å². The van der Waals surface area contributed by atoms with Crippen LogP contribution >= 0.6 is 0 Å². The number of rotatable bonds is 2. The van der Waals surface area contributed by atoms with Crippen molar-refractivity contribution in [2.45, 2.75) is 6.92 Å². The van der Waals surface area contributed by atoms with Gasteiger partial charge in [0.2, 0.25) is 0 Å². The maximum absolute atomic E-state index is 12.7. The smallest absolute Gasteiger partial charge is 0.252 e. The number of hydrogen-bond acceptors (Lipinski definition) is 3. The standard InChI is InChI=1S/C7H8F2N2O/c1-2-12-7-5(9)3-4(8)6(10)11-7/h3H,2H2,1H3,(H2,10,11). The second-order valence-electron chi connectivity index (χ2n) is 2.08. The molecule has 0 fully saturated rings. The molecule has 66 valence electrons. The van der Waals surface area contributed by atoms with E-state index < -0.39 is 11.6 Å². The van der Waals surface area contributed by atoms with E-state index in [9.17, 15) is 8.78 Å². The highest BCUT2D eigenvalue weighted by Crippen LogP contribution is 2.18. The molecular formula is C7H8F2N2O. The van der Waals surface area contributed by atoms with E-state index in [4.69, 9.17) is 10.5 Å². The van der Waals surface area contributed by atoms with Crippen LogP contribution < -0.4 is 10.5 Å². The number of aromatic nitrogens is 1. The number of anilines is 1. The first-order valence-corrected chi connectivity index (χ1v) is 3.39. The molecule has 0 radical (unpaired) electrons. The first kappa shape index (κ1) is 8.70. The summed E-state index contributed by atoms with van der Waals surface area (Å²) in [4.78, 5) is 3.37. The van der Waals surface area contributed by atoms with Gasteiger partial charge in [0.1, 0.15) is 0 Å². The monoisotopic (exact) mass is 174 g/mol. The van der Waals surface area contributed by atoms with Crippen LogP contribution in [0.2, 0.25) is 0 Å². The lowest BCUT2D eigenvalue weighted by Crippen LogP contribution is -2.02. The fourth-order valence-corrected chi connectivity index (χ4v) is 0.701. The highest BCUT2D eigenvalue weighted by atomic mass is 19.1. The van der Waals surface area contributed by atoms with Crippen LogP contribution in [0.1, 0.15) is 6.92 Å². The largest absolute Gasteiger partial charge is 0.476 e. The van der Waals surface area contributed by atoms with Crippen molar-refractivity contribution in [2.75, 3.05) is 12.3 Å². The summed E-state index contributed by atoms with van der Waals surface area (Å²) in [5.41, 5.74) is 5.09. The van der Waals surface area contributed by atoms with Crippen LogP contribution in [-0.4, -0.2) is 11.6 Å². The molecule has 0 atom stereocenters. The molecule has 0 amide bonds. The zero-order valence-electron chi connectivity index (χ0n) is 6.47. The molecule has 0 unspecified atom stereocenters. The molecule has 0 saturated heterocycles. The van der Waals surface area contributed by atoms with Gasteiger partial charge in [-0.25, -0.2) is 8.78 Å². The van der Waals surface area contributed by atoms with Crippen LogP contribution in [0.25, 0.3) is 0 Å². The summed E-state index contributed by atoms with van der Waals surface area (Å²) in [6.07, 6.45) is 0. The molecule has 1 aromatic heterocycles. The summed E-state index contributed by atoms with van der Waals surface area (Å²) in [6.45, 7) is 1.93. The lowest BCUT2D eigenvalue weighted by molar-refractivity contribution is 0.306. The van der Waals surface area contributed by atoms with E-state index in [0.717, 1.165) is 0 Å². The van der Waals surface area contributed by atoms with Gasteiger partial charge in [0.15, 0.2) is 17.5 Å². The van der Waals surface area contributed by atoms with E-state index in [1.165, 1.54) is 0 Å². The number of halogens is 2. The molecule has 0 aromatic carbocycles. The summed E-state index contributed by atoms with van der Waals surface area (Å²) in [7, 11) is 0. The number of ether oxygens (including phenoxy) is 1. The van der Waals surface area contributed by atoms with Gasteiger partial charge in [-0.15, -0.1) is 0 Å². The molecule has 12 heavy (non-hydrogen) atoms. The van der Waals surface area contributed by atoms with Crippen molar-refractivity contribution in [3.63, 3.8) is 0 Å². The van der Waals surface area contributed by atoms with Crippen molar-refractivity contribution in [3.8, 4) is 5.88 Å². The van der Waals surface area contributed by atoms with Crippen molar-refractivity contribution < 1.29 is 13.5 Å². The van der Waals surface area contributed by atoms with Crippen LogP contribution in [-0.2, 0) is 0 Å². The molecule has 3 nitrogen and oxygen atoms in total. The third kappa shape index (κ3) is 1.61. The Bertz CT molecular complexity index is 291. The van der Waals surface area contributed by atoms with E-state index in [0.29, 0.717) is 6.07 Å². The lowest BCUT2D eigenvalue weighted by Gasteiger charge is -2.03. The van der Waals surface area contributed by atoms with Crippen molar-refractivity contribution in [1.29, 1.82) is 0 Å². The second-order valence-corrected chi connectivity index (χ2v) is 2.08. The summed E-state index contributed by atoms with van der Waals surface area (Å²) in [6, 6.07) is 0.646. The Kier molecular flexibility index (Phi) is 2.42. The minimum Gasteiger partial charge on any atom is -0.476 e. The summed E-state index contributed by atoms with van der Waals surface area (Å²) >= 11 is 0. The quantitative estimate of drug-likeness (QED) is 0.735. The Morgan fingerprint density at radius 2 is 2.17 bits per heavy atom. The summed E-state index contributed by atoms with van der Waals surface area (Å²) < 4.78 is 30.0. The zero-order chi connectivity index (χ0) is 9.14. The molecule has 1 heterocycles. The SMILES string of the molecule is CCOc1nc(N)c(F)cc1F. The van der Waals surface area contributed by atoms with Crippen molar-refractivity contribution in [2.24, 2.45) is 0 Å². The number of nitrogen functional groups attached to an aromatic ring is 1. The average molecular weight is 174 g/mol. The average Bonchev–Trinajstić information content (AvgIpc) is 2.01. The van der Waals surface area contributed by atoms with Gasteiger partial charge in [0.25, 0.3) is 5.88 Å². The molecule has 2 N–H and O–H groups in total. The van der Waals surface area contributed by atoms with Gasteiger partial charge in [-0.3, -0.25) is 0 Å². The van der Waals surface area contributed by atoms with Gasteiger partial charge in [0, 0.05) is 6.07 Å². The third-order valence-corrected chi connectivity index (χ3v) is 1.21. The molecular weight excluding hydrogens is 166 g/mol. The number of hydrogen-bond donors (Lipinski definition) is 1. The van der Waals surface area contributed by atoms with Crippen LogP contribution in [0.3, 0.4) is 0 Å². The number of pyridine rings is 1. The molecule has 0 spiro atoms. The minimum absolute atomic E-state index is 0.259. The van der Waals surface area contributed by atoms with Crippen LogP contribution in [0, 0.1) is 11.6 Å². The highest BCUT2D eigenvalue weighted by Gasteiger charge is 2.09. The van der Waals surface area contributed by atoms with Crippen molar-refractivity contribution >= 4 is 5.82 Å². The predicted octanol–water partition coefficient (Wildman–Crippen LogP) is 1.34. The summed E-state index contributed by atoms with van der Waals surface area (Å²) in [5, 5.41) is 0. The van der Waals surface area contributed by atoms with Crippen LogP contribution in [0.15, 0.2) is 6.07 Å². The molecule has 5 heteroatoms. The maximum atomic E-state index is 12.7. The highest BCUT2D eigenvalue weighted by molar-refractivity contribution is 5.34. The Morgan fingerprint density at radius 1 is 1.50 bits per heavy atom. The fraction of sp³-hybridized carbons (Fsp3) is 0.286. The molecule has 0 saturated carbocycles. The van der Waals surface area contributed by atoms with Crippen LogP contribution in [0.4, 0.5) is 14.6 Å². The van der Waals surface area contributed by atoms with E-state index in [1.807, 2.05) is 0 Å². The Morgan fingerprint density at radius 3 is 2.75 bits per heavy atom. The maximum Gasteiger partial charge on any atom is 0.252 e. The Labute approximate surface area is 68.2 Å². The molecule has 0 aliphatic carbocycles. The van der Waals surface area contributed by atoms with E-state index in [-0.39, 0.29) is 18.3 Å². The minimum atomic E-state index is -0.879. The zero-order valence-corrected chi connectivity index (χ0v) is 6.47. The molecule has 1 aromatic rings. The van der Waals surface area contributed by atoms with Gasteiger partial charge < -0.3 is 10.5 Å². The van der Waals surface area contributed by atoms with Gasteiger partial charge in [-0.1, -0.05) is 0 Å². The topological polar surface area (TPSA) is 48.1 Å². The van der Waals surface area contributed by atoms with Gasteiger partial charge >= 0.3 is 0 Å². The first-order valence-electron chi connectivity index (χ1n) is 3.39. The predicted molar refractivity (Wildman–Crippen MR) is 39.7 cm³/mol. The second kappa shape index (κ2) is 3.34. The first-order chi connectivity index (χ1) is 5.65. The normalized spacial score (nSPS) is 9.92. The van der Waals surface area contributed by atoms with Crippen LogP contribution in [0.5, 0.6) is 5.88 Å². The van der Waals surface area contributed by atoms with Crippen molar-refractivity contribution in [1.82, 2.24) is 4.98 Å². The van der Waals surface area contributed by atoms with E-state index in [2.05, 4.69) is 4.98 Å². The van der Waals surface area contributed by atoms with E-state index in [1.54, 1.807) is 6.92 Å². The van der Waals surface area contributed by atoms with Crippen molar-refractivity contribution in [3.05, 3.63) is 17.7 Å². The number of nitrogens with two attached hydrogens (primary N) is 1. The molecule has 0 aliphatic rings. The van der Waals surface area contributed by atoms with E-state index >= 15 is 0 Å². The Balaban J connectivity index is 3.05.